The predicted molar refractivity (Wildman–Crippen MR) is 94.3 cm³/mol. The van der Waals surface area contributed by atoms with Crippen LogP contribution in [0.5, 0.6) is 0 Å². The average Bonchev–Trinajstić information content (AvgIpc) is 2.50. The molecule has 1 atom stereocenters. The van der Waals surface area contributed by atoms with Crippen molar-refractivity contribution in [3.63, 3.8) is 0 Å². The number of ketones is 1. The largest absolute Gasteiger partial charge is 0.444 e. The van der Waals surface area contributed by atoms with E-state index in [1.807, 2.05) is 32.6 Å². The Morgan fingerprint density at radius 1 is 1.38 bits per heavy atom. The van der Waals surface area contributed by atoms with Crippen molar-refractivity contribution in [2.45, 2.75) is 52.7 Å². The molecule has 0 spiro atoms. The van der Waals surface area contributed by atoms with Crippen molar-refractivity contribution in [3.05, 3.63) is 10.6 Å². The van der Waals surface area contributed by atoms with Crippen LogP contribution in [0.3, 0.4) is 0 Å². The zero-order chi connectivity index (χ0) is 18.3. The Morgan fingerprint density at radius 2 is 2.04 bits per heavy atom. The number of rotatable bonds is 6. The number of morpholine rings is 1. The van der Waals surface area contributed by atoms with E-state index >= 15 is 0 Å². The normalized spacial score (nSPS) is 20.3. The Bertz CT molecular complexity index is 485. The lowest BCUT2D eigenvalue weighted by Gasteiger charge is -2.35. The number of allylic oxidation sites excluding steroid dienone is 1. The Hall–Kier alpha value is -1.11. The molecule has 1 saturated heterocycles. The third-order valence-corrected chi connectivity index (χ3v) is 4.26. The number of alkyl carbamates (subject to hydrolysis) is 1. The van der Waals surface area contributed by atoms with E-state index in [0.29, 0.717) is 43.3 Å². The van der Waals surface area contributed by atoms with Crippen molar-refractivity contribution in [2.24, 2.45) is 0 Å². The van der Waals surface area contributed by atoms with Crippen LogP contribution in [0.1, 0.15) is 41.0 Å². The predicted octanol–water partition coefficient (Wildman–Crippen LogP) is 2.70. The Labute approximate surface area is 149 Å². The zero-order valence-electron chi connectivity index (χ0n) is 15.3. The first-order valence-electron chi connectivity index (χ1n) is 8.31. The third kappa shape index (κ3) is 7.20. The number of carbonyl (C=O) groups is 2. The van der Waals surface area contributed by atoms with E-state index in [1.165, 1.54) is 0 Å². The number of hydrogen-bond donors (Lipinski definition) is 1. The molecule has 1 aliphatic heterocycles. The van der Waals surface area contributed by atoms with Crippen molar-refractivity contribution in [3.8, 4) is 0 Å². The van der Waals surface area contributed by atoms with Gasteiger partial charge in [0, 0.05) is 23.7 Å². The lowest BCUT2D eigenvalue weighted by atomic mass is 10.1. The van der Waals surface area contributed by atoms with Gasteiger partial charge < -0.3 is 14.8 Å². The summed E-state index contributed by atoms with van der Waals surface area (Å²) >= 11 is 6.07. The molecule has 1 heterocycles. The molecule has 24 heavy (non-hydrogen) atoms. The highest BCUT2D eigenvalue weighted by molar-refractivity contribution is 6.31. The lowest BCUT2D eigenvalue weighted by Crippen LogP contribution is -2.53. The van der Waals surface area contributed by atoms with Gasteiger partial charge in [-0.3, -0.25) is 9.69 Å². The summed E-state index contributed by atoms with van der Waals surface area (Å²) in [6.45, 7) is 11.4. The fraction of sp³-hybridized carbons (Fsp3) is 0.765. The minimum absolute atomic E-state index is 0.00557. The molecule has 0 aromatic carbocycles. The van der Waals surface area contributed by atoms with Gasteiger partial charge in [0.05, 0.1) is 25.8 Å². The SMILES string of the molecule is CC/C(Cl)=C(\C)C(=O)CN1CCOCC1CNC(=O)OC(C)(C)C. The second kappa shape index (κ2) is 9.39. The van der Waals surface area contributed by atoms with Crippen molar-refractivity contribution >= 4 is 23.5 Å². The number of hydrogen-bond acceptors (Lipinski definition) is 5. The summed E-state index contributed by atoms with van der Waals surface area (Å²) in [5, 5.41) is 3.34. The first-order chi connectivity index (χ1) is 11.1. The van der Waals surface area contributed by atoms with Crippen LogP contribution in [0.2, 0.25) is 0 Å². The summed E-state index contributed by atoms with van der Waals surface area (Å²) in [6, 6.07) is -0.0663. The Balaban J connectivity index is 2.59. The minimum Gasteiger partial charge on any atom is -0.444 e. The molecule has 7 heteroatoms. The molecule has 0 bridgehead atoms. The van der Waals surface area contributed by atoms with Gasteiger partial charge in [-0.05, 0) is 34.1 Å². The summed E-state index contributed by atoms with van der Waals surface area (Å²) in [4.78, 5) is 26.1. The van der Waals surface area contributed by atoms with Crippen LogP contribution in [0.4, 0.5) is 4.79 Å². The quantitative estimate of drug-likeness (QED) is 0.737. The highest BCUT2D eigenvalue weighted by Crippen LogP contribution is 2.16. The van der Waals surface area contributed by atoms with Crippen molar-refractivity contribution in [1.29, 1.82) is 0 Å². The third-order valence-electron chi connectivity index (χ3n) is 3.71. The minimum atomic E-state index is -0.540. The molecule has 138 valence electrons. The summed E-state index contributed by atoms with van der Waals surface area (Å²) < 4.78 is 10.7. The maximum absolute atomic E-state index is 12.3. The van der Waals surface area contributed by atoms with E-state index in [-0.39, 0.29) is 18.4 Å². The number of amides is 1. The van der Waals surface area contributed by atoms with Crippen molar-refractivity contribution in [2.75, 3.05) is 32.8 Å². The molecule has 0 saturated carbocycles. The Kier molecular flexibility index (Phi) is 8.19. The zero-order valence-corrected chi connectivity index (χ0v) is 16.0. The lowest BCUT2D eigenvalue weighted by molar-refractivity contribution is -0.118. The van der Waals surface area contributed by atoms with Gasteiger partial charge >= 0.3 is 6.09 Å². The van der Waals surface area contributed by atoms with Gasteiger partial charge in [0.15, 0.2) is 5.78 Å². The number of ether oxygens (including phenoxy) is 2. The van der Waals surface area contributed by atoms with E-state index in [9.17, 15) is 9.59 Å². The maximum atomic E-state index is 12.3. The fourth-order valence-corrected chi connectivity index (χ4v) is 2.43. The molecule has 1 amide bonds. The summed E-state index contributed by atoms with van der Waals surface area (Å²) in [7, 11) is 0. The van der Waals surface area contributed by atoms with Gasteiger partial charge in [-0.2, -0.15) is 0 Å². The molecular formula is C17H29ClN2O4. The second-order valence-electron chi connectivity index (χ2n) is 6.89. The summed E-state index contributed by atoms with van der Waals surface area (Å²) in [5.41, 5.74) is 0.0613. The van der Waals surface area contributed by atoms with Crippen LogP contribution in [0.15, 0.2) is 10.6 Å². The fourth-order valence-electron chi connectivity index (χ4n) is 2.32. The van der Waals surface area contributed by atoms with Gasteiger partial charge in [0.2, 0.25) is 0 Å². The van der Waals surface area contributed by atoms with Crippen LogP contribution in [-0.2, 0) is 14.3 Å². The number of carbonyl (C=O) groups excluding carboxylic acids is 2. The number of Topliss-reactive ketones (excluding diaryl/α,β-unsaturated/α-hetero) is 1. The van der Waals surface area contributed by atoms with Crippen molar-refractivity contribution in [1.82, 2.24) is 10.2 Å². The first-order valence-corrected chi connectivity index (χ1v) is 8.69. The molecular weight excluding hydrogens is 332 g/mol. The summed E-state index contributed by atoms with van der Waals surface area (Å²) in [5.74, 6) is 0.00557. The van der Waals surface area contributed by atoms with E-state index < -0.39 is 11.7 Å². The van der Waals surface area contributed by atoms with Crippen LogP contribution in [0, 0.1) is 0 Å². The number of nitrogens with one attached hydrogen (secondary N) is 1. The highest BCUT2D eigenvalue weighted by atomic mass is 35.5. The van der Waals surface area contributed by atoms with E-state index in [0.717, 1.165) is 0 Å². The van der Waals surface area contributed by atoms with Crippen LogP contribution in [-0.4, -0.2) is 61.3 Å². The molecule has 1 fully saturated rings. The van der Waals surface area contributed by atoms with Crippen LogP contribution >= 0.6 is 11.6 Å². The molecule has 0 aromatic heterocycles. The van der Waals surface area contributed by atoms with Gasteiger partial charge in [0.25, 0.3) is 0 Å². The van der Waals surface area contributed by atoms with E-state index in [1.54, 1.807) is 6.92 Å². The molecule has 6 nitrogen and oxygen atoms in total. The van der Waals surface area contributed by atoms with Gasteiger partial charge in [-0.15, -0.1) is 0 Å². The molecule has 1 N–H and O–H groups in total. The Morgan fingerprint density at radius 3 is 2.62 bits per heavy atom. The topological polar surface area (TPSA) is 67.9 Å². The second-order valence-corrected chi connectivity index (χ2v) is 7.34. The standard InChI is InChI=1S/C17H29ClN2O4/c1-6-14(18)12(2)15(21)10-20-7-8-23-11-13(20)9-19-16(22)24-17(3,4)5/h13H,6-11H2,1-5H3,(H,19,22)/b14-12-. The number of nitrogens with zero attached hydrogens (tertiary/aromatic N) is 1. The molecule has 1 unspecified atom stereocenters. The average molecular weight is 361 g/mol. The van der Waals surface area contributed by atoms with Gasteiger partial charge in [-0.25, -0.2) is 4.79 Å². The van der Waals surface area contributed by atoms with E-state index in [4.69, 9.17) is 21.1 Å². The summed E-state index contributed by atoms with van der Waals surface area (Å²) in [6.07, 6.45) is 0.177. The monoisotopic (exact) mass is 360 g/mol. The van der Waals surface area contributed by atoms with Gasteiger partial charge in [0.1, 0.15) is 5.60 Å². The van der Waals surface area contributed by atoms with Gasteiger partial charge in [-0.1, -0.05) is 18.5 Å². The molecule has 0 aliphatic carbocycles. The molecule has 0 radical (unpaired) electrons. The van der Waals surface area contributed by atoms with E-state index in [2.05, 4.69) is 5.32 Å². The molecule has 1 aliphatic rings. The first kappa shape index (κ1) is 20.9. The number of halogens is 1. The molecule has 1 rings (SSSR count). The smallest absolute Gasteiger partial charge is 0.407 e. The molecule has 0 aromatic rings. The maximum Gasteiger partial charge on any atom is 0.407 e. The highest BCUT2D eigenvalue weighted by Gasteiger charge is 2.27. The van der Waals surface area contributed by atoms with Crippen molar-refractivity contribution < 1.29 is 19.1 Å². The van der Waals surface area contributed by atoms with Crippen LogP contribution in [0.25, 0.3) is 0 Å². The van der Waals surface area contributed by atoms with Crippen LogP contribution < -0.4 is 5.32 Å².